The maximum absolute atomic E-state index is 14.5. The normalized spacial score (nSPS) is 15.0. The Balaban J connectivity index is 1.33. The Kier molecular flexibility index (Phi) is 7.33. The molecule has 0 atom stereocenters. The van der Waals surface area contributed by atoms with E-state index < -0.39 is 5.82 Å². The van der Waals surface area contributed by atoms with Crippen LogP contribution in [0.15, 0.2) is 60.7 Å². The van der Waals surface area contributed by atoms with Crippen molar-refractivity contribution in [2.75, 3.05) is 25.0 Å². The van der Waals surface area contributed by atoms with Crippen molar-refractivity contribution >= 4 is 35.1 Å². The van der Waals surface area contributed by atoms with E-state index in [0.29, 0.717) is 23.4 Å². The molecule has 1 fully saturated rings. The van der Waals surface area contributed by atoms with E-state index in [-0.39, 0.29) is 41.5 Å². The smallest absolute Gasteiger partial charge is 0.324 e. The van der Waals surface area contributed by atoms with E-state index in [1.165, 1.54) is 21.9 Å². The average molecular weight is 535 g/mol. The number of rotatable bonds is 6. The molecule has 7 nitrogen and oxygen atoms in total. The van der Waals surface area contributed by atoms with Crippen molar-refractivity contribution in [3.8, 4) is 0 Å². The van der Waals surface area contributed by atoms with E-state index >= 15 is 0 Å². The summed E-state index contributed by atoms with van der Waals surface area (Å²) in [5.74, 6) is -0.811. The Hall–Kier alpha value is -3.91. The lowest BCUT2D eigenvalue weighted by atomic mass is 10.0. The van der Waals surface area contributed by atoms with Crippen LogP contribution >= 0.6 is 11.6 Å². The van der Waals surface area contributed by atoms with E-state index in [1.807, 2.05) is 23.1 Å². The summed E-state index contributed by atoms with van der Waals surface area (Å²) in [5.41, 5.74) is 3.38. The number of fused-ring (bicyclic) bond motifs is 1. The number of nitrogens with one attached hydrogen (secondary N) is 1. The molecule has 196 valence electrons. The Morgan fingerprint density at radius 3 is 2.53 bits per heavy atom. The van der Waals surface area contributed by atoms with Crippen LogP contribution in [-0.2, 0) is 19.6 Å². The maximum atomic E-state index is 14.5. The highest BCUT2D eigenvalue weighted by molar-refractivity contribution is 6.31. The zero-order valence-electron chi connectivity index (χ0n) is 21.0. The second-order valence-electron chi connectivity index (χ2n) is 9.65. The molecule has 38 heavy (non-hydrogen) atoms. The summed E-state index contributed by atoms with van der Waals surface area (Å²) >= 11 is 6.23. The standard InChI is InChI=1S/C29H28ClFN4O3/c1-33-17-22-11-10-20(15-26(22)35(29(33)38)18-23-24(30)8-5-9-25(23)31)27(36)32-16-19-6-4-7-21(14-19)28(37)34-12-2-3-13-34/h4-11,14-15H,2-3,12-13,16-18H2,1H3,(H,32,36). The van der Waals surface area contributed by atoms with E-state index in [0.717, 1.165) is 37.1 Å². The number of benzene rings is 3. The van der Waals surface area contributed by atoms with Crippen LogP contribution in [-0.4, -0.2) is 47.8 Å². The number of hydrogen-bond acceptors (Lipinski definition) is 3. The topological polar surface area (TPSA) is 73.0 Å². The van der Waals surface area contributed by atoms with E-state index in [9.17, 15) is 18.8 Å². The third-order valence-corrected chi connectivity index (χ3v) is 7.36. The lowest BCUT2D eigenvalue weighted by Gasteiger charge is -2.35. The van der Waals surface area contributed by atoms with Crippen molar-refractivity contribution in [3.63, 3.8) is 0 Å². The summed E-state index contributed by atoms with van der Waals surface area (Å²) in [7, 11) is 1.67. The van der Waals surface area contributed by atoms with Gasteiger partial charge >= 0.3 is 6.03 Å². The number of amides is 4. The van der Waals surface area contributed by atoms with Crippen LogP contribution in [0.5, 0.6) is 0 Å². The van der Waals surface area contributed by atoms with Gasteiger partial charge in [0, 0.05) is 54.9 Å². The van der Waals surface area contributed by atoms with Crippen LogP contribution in [0, 0.1) is 5.82 Å². The summed E-state index contributed by atoms with van der Waals surface area (Å²) in [6.07, 6.45) is 2.05. The summed E-state index contributed by atoms with van der Waals surface area (Å²) in [6.45, 7) is 2.10. The first kappa shape index (κ1) is 25.7. The molecule has 0 spiro atoms. The minimum Gasteiger partial charge on any atom is -0.348 e. The van der Waals surface area contributed by atoms with Gasteiger partial charge in [-0.05, 0) is 60.4 Å². The first-order valence-electron chi connectivity index (χ1n) is 12.6. The summed E-state index contributed by atoms with van der Waals surface area (Å²) in [6, 6.07) is 16.5. The molecule has 0 aromatic heterocycles. The Morgan fingerprint density at radius 2 is 1.76 bits per heavy atom. The van der Waals surface area contributed by atoms with Crippen molar-refractivity contribution < 1.29 is 18.8 Å². The summed E-state index contributed by atoms with van der Waals surface area (Å²) < 4.78 is 14.5. The minimum absolute atomic E-state index is 0.00930. The fourth-order valence-corrected chi connectivity index (χ4v) is 5.14. The molecule has 3 aromatic carbocycles. The molecule has 2 aliphatic rings. The fourth-order valence-electron chi connectivity index (χ4n) is 4.92. The van der Waals surface area contributed by atoms with Gasteiger partial charge in [-0.25, -0.2) is 9.18 Å². The van der Waals surface area contributed by atoms with Gasteiger partial charge in [0.15, 0.2) is 0 Å². The average Bonchev–Trinajstić information content (AvgIpc) is 3.46. The zero-order valence-corrected chi connectivity index (χ0v) is 21.8. The third-order valence-electron chi connectivity index (χ3n) is 7.00. The first-order valence-corrected chi connectivity index (χ1v) is 12.9. The Bertz CT molecular complexity index is 1390. The van der Waals surface area contributed by atoms with Gasteiger partial charge in [0.05, 0.1) is 12.2 Å². The Labute approximate surface area is 225 Å². The fraction of sp³-hybridized carbons (Fsp3) is 0.276. The maximum Gasteiger partial charge on any atom is 0.324 e. The third kappa shape index (κ3) is 5.22. The second kappa shape index (κ2) is 10.8. The lowest BCUT2D eigenvalue weighted by Crippen LogP contribution is -2.45. The largest absolute Gasteiger partial charge is 0.348 e. The zero-order chi connectivity index (χ0) is 26.8. The molecule has 2 heterocycles. The predicted molar refractivity (Wildman–Crippen MR) is 144 cm³/mol. The van der Waals surface area contributed by atoms with E-state index in [2.05, 4.69) is 5.32 Å². The van der Waals surface area contributed by atoms with Crippen molar-refractivity contribution in [1.82, 2.24) is 15.1 Å². The molecule has 5 rings (SSSR count). The van der Waals surface area contributed by atoms with Crippen LogP contribution < -0.4 is 10.2 Å². The molecule has 4 amide bonds. The SMILES string of the molecule is CN1Cc2ccc(C(=O)NCc3cccc(C(=O)N4CCCC4)c3)cc2N(Cc2c(F)cccc2Cl)C1=O. The van der Waals surface area contributed by atoms with Gasteiger partial charge in [0.2, 0.25) is 0 Å². The second-order valence-corrected chi connectivity index (χ2v) is 10.1. The molecule has 0 bridgehead atoms. The van der Waals surface area contributed by atoms with Gasteiger partial charge in [-0.1, -0.05) is 35.9 Å². The van der Waals surface area contributed by atoms with Gasteiger partial charge < -0.3 is 15.1 Å². The molecule has 0 unspecified atom stereocenters. The molecular formula is C29H28ClFN4O3. The quantitative estimate of drug-likeness (QED) is 0.471. The highest BCUT2D eigenvalue weighted by atomic mass is 35.5. The van der Waals surface area contributed by atoms with Gasteiger partial charge in [-0.3, -0.25) is 14.5 Å². The molecule has 0 aliphatic carbocycles. The number of hydrogen-bond donors (Lipinski definition) is 1. The van der Waals surface area contributed by atoms with Crippen LogP contribution in [0.3, 0.4) is 0 Å². The highest BCUT2D eigenvalue weighted by Gasteiger charge is 2.30. The number of urea groups is 1. The Morgan fingerprint density at radius 1 is 1.00 bits per heavy atom. The van der Waals surface area contributed by atoms with Gasteiger partial charge in [-0.2, -0.15) is 0 Å². The highest BCUT2D eigenvalue weighted by Crippen LogP contribution is 2.32. The summed E-state index contributed by atoms with van der Waals surface area (Å²) in [4.78, 5) is 43.7. The molecular weight excluding hydrogens is 507 g/mol. The predicted octanol–water partition coefficient (Wildman–Crippen LogP) is 5.22. The molecule has 2 aliphatic heterocycles. The number of likely N-dealkylation sites (tertiary alicyclic amines) is 1. The molecule has 0 radical (unpaired) electrons. The molecule has 9 heteroatoms. The monoisotopic (exact) mass is 534 g/mol. The van der Waals surface area contributed by atoms with Crippen molar-refractivity contribution in [2.45, 2.75) is 32.5 Å². The lowest BCUT2D eigenvalue weighted by molar-refractivity contribution is 0.0792. The minimum atomic E-state index is -0.501. The number of anilines is 1. The van der Waals surface area contributed by atoms with Gasteiger partial charge in [0.25, 0.3) is 11.8 Å². The number of halogens is 2. The summed E-state index contributed by atoms with van der Waals surface area (Å²) in [5, 5.41) is 3.13. The van der Waals surface area contributed by atoms with E-state index in [4.69, 9.17) is 11.6 Å². The van der Waals surface area contributed by atoms with Crippen LogP contribution in [0.1, 0.15) is 50.2 Å². The van der Waals surface area contributed by atoms with Crippen LogP contribution in [0.2, 0.25) is 5.02 Å². The molecule has 3 aromatic rings. The number of carbonyl (C=O) groups excluding carboxylic acids is 3. The van der Waals surface area contributed by atoms with Crippen molar-refractivity contribution in [3.05, 3.63) is 99.3 Å². The molecule has 1 saturated heterocycles. The molecule has 0 saturated carbocycles. The molecule has 1 N–H and O–H groups in total. The van der Waals surface area contributed by atoms with Crippen LogP contribution in [0.4, 0.5) is 14.9 Å². The van der Waals surface area contributed by atoms with Gasteiger partial charge in [-0.15, -0.1) is 0 Å². The number of carbonyl (C=O) groups is 3. The van der Waals surface area contributed by atoms with Crippen molar-refractivity contribution in [2.24, 2.45) is 0 Å². The van der Waals surface area contributed by atoms with Gasteiger partial charge in [0.1, 0.15) is 5.82 Å². The first-order chi connectivity index (χ1) is 18.3. The number of nitrogens with zero attached hydrogens (tertiary/aromatic N) is 3. The van der Waals surface area contributed by atoms with E-state index in [1.54, 1.807) is 37.4 Å². The van der Waals surface area contributed by atoms with Crippen molar-refractivity contribution in [1.29, 1.82) is 0 Å². The van der Waals surface area contributed by atoms with Crippen LogP contribution in [0.25, 0.3) is 0 Å².